The first-order valence-corrected chi connectivity index (χ1v) is 5.38. The number of anilines is 1. The highest BCUT2D eigenvalue weighted by molar-refractivity contribution is 5.91. The number of carboxylic acids is 1. The summed E-state index contributed by atoms with van der Waals surface area (Å²) in [5.41, 5.74) is -0.271. The number of aryl methyl sites for hydroxylation is 1. The summed E-state index contributed by atoms with van der Waals surface area (Å²) in [6.07, 6.45) is -0.137. The van der Waals surface area contributed by atoms with Gasteiger partial charge in [0.1, 0.15) is 11.5 Å². The Labute approximate surface area is 103 Å². The number of amides is 1. The second kappa shape index (κ2) is 6.09. The van der Waals surface area contributed by atoms with E-state index in [4.69, 9.17) is 5.11 Å². The molecule has 6 heteroatoms. The van der Waals surface area contributed by atoms with Crippen molar-refractivity contribution in [1.82, 2.24) is 0 Å². The van der Waals surface area contributed by atoms with Crippen LogP contribution < -0.4 is 5.32 Å². The third-order valence-electron chi connectivity index (χ3n) is 2.34. The number of aliphatic carboxylic acids is 1. The van der Waals surface area contributed by atoms with Crippen LogP contribution in [0.15, 0.2) is 12.1 Å². The van der Waals surface area contributed by atoms with E-state index < -0.39 is 29.2 Å². The van der Waals surface area contributed by atoms with Crippen LogP contribution in [0.1, 0.15) is 24.8 Å². The molecule has 0 spiro atoms. The number of nitrogens with one attached hydrogen (secondary N) is 1. The summed E-state index contributed by atoms with van der Waals surface area (Å²) in [7, 11) is 0. The molecule has 0 aliphatic rings. The van der Waals surface area contributed by atoms with Gasteiger partial charge in [-0.05, 0) is 25.0 Å². The van der Waals surface area contributed by atoms with Gasteiger partial charge in [-0.15, -0.1) is 0 Å². The van der Waals surface area contributed by atoms with Crippen molar-refractivity contribution in [2.45, 2.75) is 26.2 Å². The Morgan fingerprint density at radius 2 is 1.94 bits per heavy atom. The van der Waals surface area contributed by atoms with E-state index in [0.717, 1.165) is 6.07 Å². The van der Waals surface area contributed by atoms with Crippen LogP contribution >= 0.6 is 0 Å². The normalized spacial score (nSPS) is 10.2. The van der Waals surface area contributed by atoms with Gasteiger partial charge in [-0.3, -0.25) is 9.59 Å². The molecule has 0 aliphatic carbocycles. The van der Waals surface area contributed by atoms with Crippen molar-refractivity contribution in [3.05, 3.63) is 29.3 Å². The summed E-state index contributed by atoms with van der Waals surface area (Å²) in [6, 6.07) is 2.33. The van der Waals surface area contributed by atoms with Crippen molar-refractivity contribution < 1.29 is 23.5 Å². The van der Waals surface area contributed by atoms with Gasteiger partial charge < -0.3 is 10.4 Å². The Morgan fingerprint density at radius 3 is 2.56 bits per heavy atom. The first-order valence-electron chi connectivity index (χ1n) is 5.38. The van der Waals surface area contributed by atoms with Crippen molar-refractivity contribution in [2.24, 2.45) is 0 Å². The van der Waals surface area contributed by atoms with Gasteiger partial charge in [0.15, 0.2) is 5.82 Å². The molecule has 0 heterocycles. The average Bonchev–Trinajstić information content (AvgIpc) is 2.29. The number of rotatable bonds is 5. The molecule has 1 rings (SSSR count). The van der Waals surface area contributed by atoms with Gasteiger partial charge in [-0.25, -0.2) is 8.78 Å². The van der Waals surface area contributed by atoms with Crippen LogP contribution in [0.25, 0.3) is 0 Å². The molecular formula is C12H13F2NO3. The lowest BCUT2D eigenvalue weighted by atomic mass is 10.2. The molecule has 0 fully saturated rings. The van der Waals surface area contributed by atoms with Gasteiger partial charge in [0.2, 0.25) is 5.91 Å². The van der Waals surface area contributed by atoms with Crippen LogP contribution in [0.4, 0.5) is 14.5 Å². The maximum atomic E-state index is 13.5. The fourth-order valence-electron chi connectivity index (χ4n) is 1.37. The minimum absolute atomic E-state index is 0.0981. The van der Waals surface area contributed by atoms with Crippen molar-refractivity contribution >= 4 is 17.6 Å². The molecule has 0 atom stereocenters. The van der Waals surface area contributed by atoms with Crippen LogP contribution in [-0.2, 0) is 9.59 Å². The lowest BCUT2D eigenvalue weighted by molar-refractivity contribution is -0.137. The Kier molecular flexibility index (Phi) is 4.76. The molecule has 0 saturated heterocycles. The number of carbonyl (C=O) groups excluding carboxylic acids is 1. The van der Waals surface area contributed by atoms with Gasteiger partial charge in [-0.2, -0.15) is 0 Å². The summed E-state index contributed by atoms with van der Waals surface area (Å²) in [5, 5.41) is 10.5. The Bertz CT molecular complexity index is 475. The van der Waals surface area contributed by atoms with Gasteiger partial charge in [0, 0.05) is 12.8 Å². The first kappa shape index (κ1) is 14.1. The molecule has 0 bridgehead atoms. The van der Waals surface area contributed by atoms with E-state index in [2.05, 4.69) is 5.32 Å². The van der Waals surface area contributed by atoms with Crippen LogP contribution in [0.3, 0.4) is 0 Å². The topological polar surface area (TPSA) is 66.4 Å². The van der Waals surface area contributed by atoms with E-state index in [0.29, 0.717) is 0 Å². The second-order valence-electron chi connectivity index (χ2n) is 3.85. The molecule has 1 aromatic carbocycles. The van der Waals surface area contributed by atoms with Crippen LogP contribution in [0, 0.1) is 18.6 Å². The van der Waals surface area contributed by atoms with E-state index in [-0.39, 0.29) is 24.8 Å². The Hall–Kier alpha value is -1.98. The van der Waals surface area contributed by atoms with Crippen LogP contribution in [-0.4, -0.2) is 17.0 Å². The zero-order valence-electron chi connectivity index (χ0n) is 9.80. The highest BCUT2D eigenvalue weighted by Crippen LogP contribution is 2.21. The summed E-state index contributed by atoms with van der Waals surface area (Å²) in [4.78, 5) is 21.6. The van der Waals surface area contributed by atoms with Crippen molar-refractivity contribution in [3.63, 3.8) is 0 Å². The van der Waals surface area contributed by atoms with E-state index in [1.54, 1.807) is 0 Å². The van der Waals surface area contributed by atoms with Gasteiger partial charge >= 0.3 is 5.97 Å². The van der Waals surface area contributed by atoms with Gasteiger partial charge in [0.25, 0.3) is 0 Å². The van der Waals surface area contributed by atoms with Crippen molar-refractivity contribution in [1.29, 1.82) is 0 Å². The van der Waals surface area contributed by atoms with E-state index in [1.807, 2.05) is 0 Å². The SMILES string of the molecule is Cc1ccc(F)c(NC(=O)CCCC(=O)O)c1F. The Balaban J connectivity index is 2.65. The van der Waals surface area contributed by atoms with Crippen LogP contribution in [0.2, 0.25) is 0 Å². The third kappa shape index (κ3) is 3.80. The molecule has 0 unspecified atom stereocenters. The molecule has 0 saturated carbocycles. The molecule has 1 aromatic rings. The maximum absolute atomic E-state index is 13.5. The molecule has 98 valence electrons. The number of carboxylic acid groups (broad SMARTS) is 1. The molecule has 0 aliphatic heterocycles. The summed E-state index contributed by atoms with van der Waals surface area (Å²) >= 11 is 0. The van der Waals surface area contributed by atoms with E-state index in [9.17, 15) is 18.4 Å². The smallest absolute Gasteiger partial charge is 0.303 e. The number of halogens is 2. The lowest BCUT2D eigenvalue weighted by Gasteiger charge is -2.08. The zero-order valence-corrected chi connectivity index (χ0v) is 9.80. The minimum Gasteiger partial charge on any atom is -0.481 e. The summed E-state index contributed by atoms with van der Waals surface area (Å²) < 4.78 is 26.8. The first-order chi connectivity index (χ1) is 8.41. The van der Waals surface area contributed by atoms with E-state index >= 15 is 0 Å². The molecule has 0 aromatic heterocycles. The number of hydrogen-bond donors (Lipinski definition) is 2. The summed E-state index contributed by atoms with van der Waals surface area (Å²) in [6.45, 7) is 1.45. The maximum Gasteiger partial charge on any atom is 0.303 e. The average molecular weight is 257 g/mol. The molecule has 0 radical (unpaired) electrons. The molecule has 1 amide bonds. The lowest BCUT2D eigenvalue weighted by Crippen LogP contribution is -2.14. The highest BCUT2D eigenvalue weighted by Gasteiger charge is 2.14. The Morgan fingerprint density at radius 1 is 1.28 bits per heavy atom. The monoisotopic (exact) mass is 257 g/mol. The fraction of sp³-hybridized carbons (Fsp3) is 0.333. The predicted octanol–water partition coefficient (Wildman–Crippen LogP) is 2.47. The van der Waals surface area contributed by atoms with Gasteiger partial charge in [-0.1, -0.05) is 6.07 Å². The van der Waals surface area contributed by atoms with Crippen molar-refractivity contribution in [2.75, 3.05) is 5.32 Å². The highest BCUT2D eigenvalue weighted by atomic mass is 19.1. The third-order valence-corrected chi connectivity index (χ3v) is 2.34. The van der Waals surface area contributed by atoms with Crippen LogP contribution in [0.5, 0.6) is 0 Å². The predicted molar refractivity (Wildman–Crippen MR) is 61.2 cm³/mol. The number of benzene rings is 1. The number of hydrogen-bond acceptors (Lipinski definition) is 2. The molecule has 2 N–H and O–H groups in total. The molecule has 18 heavy (non-hydrogen) atoms. The number of carbonyl (C=O) groups is 2. The second-order valence-corrected chi connectivity index (χ2v) is 3.85. The minimum atomic E-state index is -1.02. The molecular weight excluding hydrogens is 244 g/mol. The largest absolute Gasteiger partial charge is 0.481 e. The zero-order chi connectivity index (χ0) is 13.7. The van der Waals surface area contributed by atoms with Gasteiger partial charge in [0.05, 0.1) is 0 Å². The standard InChI is InChI=1S/C12H13F2NO3/c1-7-5-6-8(13)12(11(7)14)15-9(16)3-2-4-10(17)18/h5-6H,2-4H2,1H3,(H,15,16)(H,17,18). The fourth-order valence-corrected chi connectivity index (χ4v) is 1.37. The molecule has 4 nitrogen and oxygen atoms in total. The van der Waals surface area contributed by atoms with Crippen molar-refractivity contribution in [3.8, 4) is 0 Å². The summed E-state index contributed by atoms with van der Waals surface area (Å²) in [5.74, 6) is -3.30. The van der Waals surface area contributed by atoms with E-state index in [1.165, 1.54) is 13.0 Å². The quantitative estimate of drug-likeness (QED) is 0.851.